The molecule has 0 amide bonds. The van der Waals surface area contributed by atoms with Crippen molar-refractivity contribution in [1.29, 1.82) is 0 Å². The van der Waals surface area contributed by atoms with Crippen molar-refractivity contribution in [2.45, 2.75) is 12.5 Å². The summed E-state index contributed by atoms with van der Waals surface area (Å²) in [5.41, 5.74) is 10.4. The fourth-order valence-corrected chi connectivity index (χ4v) is 2.19. The number of pyridine rings is 1. The first kappa shape index (κ1) is 9.21. The number of para-hydroxylation sites is 1. The Bertz CT molecular complexity index is 497. The highest BCUT2D eigenvalue weighted by atomic mass is 15.0. The van der Waals surface area contributed by atoms with Gasteiger partial charge in [-0.1, -0.05) is 18.2 Å². The molecule has 0 saturated carbocycles. The molecule has 3 rings (SSSR count). The van der Waals surface area contributed by atoms with Crippen LogP contribution in [-0.2, 0) is 6.42 Å². The molecule has 0 spiro atoms. The fraction of sp³-hybridized carbons (Fsp3) is 0.154. The highest BCUT2D eigenvalue weighted by Gasteiger charge is 2.22. The molecule has 1 unspecified atom stereocenters. The van der Waals surface area contributed by atoms with Crippen LogP contribution in [-0.4, -0.2) is 4.98 Å². The van der Waals surface area contributed by atoms with Gasteiger partial charge in [0.2, 0.25) is 0 Å². The molecule has 3 nitrogen and oxygen atoms in total. The van der Waals surface area contributed by atoms with E-state index in [0.717, 1.165) is 17.7 Å². The van der Waals surface area contributed by atoms with E-state index >= 15 is 0 Å². The Morgan fingerprint density at radius 1 is 1.25 bits per heavy atom. The molecule has 3 N–H and O–H groups in total. The van der Waals surface area contributed by atoms with E-state index in [-0.39, 0.29) is 6.04 Å². The smallest absolute Gasteiger partial charge is 0.0590 e. The van der Waals surface area contributed by atoms with Crippen molar-refractivity contribution >= 4 is 11.4 Å². The minimum atomic E-state index is 0.256. The van der Waals surface area contributed by atoms with Crippen molar-refractivity contribution in [2.75, 3.05) is 11.1 Å². The third-order valence-corrected chi connectivity index (χ3v) is 3.03. The van der Waals surface area contributed by atoms with E-state index in [1.54, 1.807) is 6.20 Å². The predicted molar refractivity (Wildman–Crippen MR) is 65.2 cm³/mol. The van der Waals surface area contributed by atoms with Gasteiger partial charge in [-0.2, -0.15) is 0 Å². The summed E-state index contributed by atoms with van der Waals surface area (Å²) in [5.74, 6) is 0. The molecule has 1 aliphatic rings. The Hall–Kier alpha value is -2.03. The number of rotatable bonds is 1. The molecule has 2 heterocycles. The zero-order valence-electron chi connectivity index (χ0n) is 8.85. The van der Waals surface area contributed by atoms with E-state index < -0.39 is 0 Å². The Balaban J connectivity index is 1.95. The zero-order chi connectivity index (χ0) is 11.0. The van der Waals surface area contributed by atoms with Crippen LogP contribution in [0.15, 0.2) is 42.7 Å². The second-order valence-electron chi connectivity index (χ2n) is 4.06. The average Bonchev–Trinajstić information content (AvgIpc) is 2.73. The SMILES string of the molecule is Nc1ccncc1C1Cc2ccccc2N1. The van der Waals surface area contributed by atoms with Crippen molar-refractivity contribution < 1.29 is 0 Å². The van der Waals surface area contributed by atoms with Gasteiger partial charge in [0, 0.05) is 29.3 Å². The first-order valence-corrected chi connectivity index (χ1v) is 5.38. The van der Waals surface area contributed by atoms with Crippen LogP contribution in [0.5, 0.6) is 0 Å². The molecule has 0 aliphatic carbocycles. The highest BCUT2D eigenvalue weighted by molar-refractivity contribution is 5.60. The van der Waals surface area contributed by atoms with Crippen LogP contribution < -0.4 is 11.1 Å². The van der Waals surface area contributed by atoms with Crippen molar-refractivity contribution in [2.24, 2.45) is 0 Å². The summed E-state index contributed by atoms with van der Waals surface area (Å²) in [6, 6.07) is 10.5. The van der Waals surface area contributed by atoms with E-state index in [0.29, 0.717) is 0 Å². The summed E-state index contributed by atoms with van der Waals surface area (Å²) in [6.07, 6.45) is 4.55. The van der Waals surface area contributed by atoms with Crippen molar-refractivity contribution in [1.82, 2.24) is 4.98 Å². The molecule has 16 heavy (non-hydrogen) atoms. The maximum absolute atomic E-state index is 5.96. The van der Waals surface area contributed by atoms with Gasteiger partial charge >= 0.3 is 0 Å². The lowest BCUT2D eigenvalue weighted by molar-refractivity contribution is 0.821. The maximum atomic E-state index is 5.96. The number of hydrogen-bond acceptors (Lipinski definition) is 3. The summed E-state index contributed by atoms with van der Waals surface area (Å²) in [6.45, 7) is 0. The lowest BCUT2D eigenvalue weighted by Crippen LogP contribution is -2.08. The highest BCUT2D eigenvalue weighted by Crippen LogP contribution is 2.35. The fourth-order valence-electron chi connectivity index (χ4n) is 2.19. The van der Waals surface area contributed by atoms with Crippen LogP contribution in [0.3, 0.4) is 0 Å². The molecular formula is C13H13N3. The van der Waals surface area contributed by atoms with Crippen molar-refractivity contribution in [3.8, 4) is 0 Å². The molecule has 0 bridgehead atoms. The predicted octanol–water partition coefficient (Wildman–Crippen LogP) is 2.37. The minimum Gasteiger partial charge on any atom is -0.398 e. The third kappa shape index (κ3) is 1.41. The van der Waals surface area contributed by atoms with Gasteiger partial charge in [0.15, 0.2) is 0 Å². The van der Waals surface area contributed by atoms with Gasteiger partial charge < -0.3 is 11.1 Å². The Labute approximate surface area is 94.3 Å². The number of nitrogen functional groups attached to an aromatic ring is 1. The normalized spacial score (nSPS) is 17.9. The number of nitrogens with zero attached hydrogens (tertiary/aromatic N) is 1. The third-order valence-electron chi connectivity index (χ3n) is 3.03. The molecule has 80 valence electrons. The monoisotopic (exact) mass is 211 g/mol. The van der Waals surface area contributed by atoms with Crippen LogP contribution in [0, 0.1) is 0 Å². The standard InChI is InChI=1S/C13H13N3/c14-11-5-6-15-8-10(11)13-7-9-3-1-2-4-12(9)16-13/h1-6,8,13,16H,7H2,(H2,14,15). The summed E-state index contributed by atoms with van der Waals surface area (Å²) in [7, 11) is 0. The van der Waals surface area contributed by atoms with Gasteiger partial charge in [-0.05, 0) is 24.1 Å². The quantitative estimate of drug-likeness (QED) is 0.761. The van der Waals surface area contributed by atoms with Gasteiger partial charge in [-0.15, -0.1) is 0 Å². The second kappa shape index (κ2) is 3.52. The summed E-state index contributed by atoms with van der Waals surface area (Å²) < 4.78 is 0. The number of benzene rings is 1. The molecule has 2 aromatic rings. The van der Waals surface area contributed by atoms with Crippen LogP contribution >= 0.6 is 0 Å². The number of aromatic nitrogens is 1. The molecule has 0 saturated heterocycles. The lowest BCUT2D eigenvalue weighted by Gasteiger charge is -2.13. The number of nitrogens with one attached hydrogen (secondary N) is 1. The van der Waals surface area contributed by atoms with Gasteiger partial charge in [-0.3, -0.25) is 4.98 Å². The molecule has 1 aromatic heterocycles. The van der Waals surface area contributed by atoms with Crippen LogP contribution in [0.1, 0.15) is 17.2 Å². The van der Waals surface area contributed by atoms with Gasteiger partial charge in [-0.25, -0.2) is 0 Å². The molecule has 1 atom stereocenters. The first-order valence-electron chi connectivity index (χ1n) is 5.38. The molecule has 1 aromatic carbocycles. The number of nitrogens with two attached hydrogens (primary N) is 1. The van der Waals surface area contributed by atoms with E-state index in [4.69, 9.17) is 5.73 Å². The molecule has 0 radical (unpaired) electrons. The van der Waals surface area contributed by atoms with Gasteiger partial charge in [0.05, 0.1) is 6.04 Å². The summed E-state index contributed by atoms with van der Waals surface area (Å²) >= 11 is 0. The maximum Gasteiger partial charge on any atom is 0.0590 e. The molecule has 0 fully saturated rings. The van der Waals surface area contributed by atoms with Gasteiger partial charge in [0.25, 0.3) is 0 Å². The van der Waals surface area contributed by atoms with E-state index in [9.17, 15) is 0 Å². The summed E-state index contributed by atoms with van der Waals surface area (Å²) in [4.78, 5) is 4.13. The van der Waals surface area contributed by atoms with Crippen LogP contribution in [0.25, 0.3) is 0 Å². The van der Waals surface area contributed by atoms with Crippen LogP contribution in [0.4, 0.5) is 11.4 Å². The first-order chi connectivity index (χ1) is 7.84. The number of hydrogen-bond donors (Lipinski definition) is 2. The lowest BCUT2D eigenvalue weighted by atomic mass is 10.0. The van der Waals surface area contributed by atoms with Crippen molar-refractivity contribution in [3.63, 3.8) is 0 Å². The average molecular weight is 211 g/mol. The van der Waals surface area contributed by atoms with E-state index in [1.165, 1.54) is 11.3 Å². The largest absolute Gasteiger partial charge is 0.398 e. The topological polar surface area (TPSA) is 50.9 Å². The number of anilines is 2. The van der Waals surface area contributed by atoms with E-state index in [1.807, 2.05) is 18.3 Å². The molecular weight excluding hydrogens is 198 g/mol. The second-order valence-corrected chi connectivity index (χ2v) is 4.06. The molecule has 3 heteroatoms. The van der Waals surface area contributed by atoms with Crippen LogP contribution in [0.2, 0.25) is 0 Å². The molecule has 1 aliphatic heterocycles. The van der Waals surface area contributed by atoms with E-state index in [2.05, 4.69) is 28.5 Å². The van der Waals surface area contributed by atoms with Gasteiger partial charge in [0.1, 0.15) is 0 Å². The Morgan fingerprint density at radius 2 is 2.12 bits per heavy atom. The zero-order valence-corrected chi connectivity index (χ0v) is 8.85. The Morgan fingerprint density at radius 3 is 2.94 bits per heavy atom. The minimum absolute atomic E-state index is 0.256. The van der Waals surface area contributed by atoms with Crippen molar-refractivity contribution in [3.05, 3.63) is 53.9 Å². The Kier molecular flexibility index (Phi) is 2.03. The summed E-state index contributed by atoms with van der Waals surface area (Å²) in [5, 5.41) is 3.47. The number of fused-ring (bicyclic) bond motifs is 1.